The number of nitrogens with one attached hydrogen (secondary N) is 2. The van der Waals surface area contributed by atoms with Gasteiger partial charge in [0.15, 0.2) is 0 Å². The van der Waals surface area contributed by atoms with Crippen molar-refractivity contribution < 1.29 is 14.3 Å². The van der Waals surface area contributed by atoms with Crippen LogP contribution in [0.4, 0.5) is 4.79 Å². The van der Waals surface area contributed by atoms with Crippen molar-refractivity contribution in [2.75, 3.05) is 6.61 Å². The Morgan fingerprint density at radius 3 is 2.80 bits per heavy atom. The SMILES string of the molecule is CCOC(=O)[C@@H]1CCC[C@H](NC(=O)NCc2cccc(C(C)C)c2)C1. The van der Waals surface area contributed by atoms with Crippen molar-refractivity contribution in [2.24, 2.45) is 5.92 Å². The second kappa shape index (κ2) is 9.44. The van der Waals surface area contributed by atoms with Crippen molar-refractivity contribution in [2.45, 2.75) is 65.0 Å². The number of hydrogen-bond donors (Lipinski definition) is 2. The van der Waals surface area contributed by atoms with Gasteiger partial charge in [-0.05, 0) is 43.2 Å². The van der Waals surface area contributed by atoms with Gasteiger partial charge in [-0.25, -0.2) is 4.79 Å². The molecule has 2 amide bonds. The van der Waals surface area contributed by atoms with E-state index in [9.17, 15) is 9.59 Å². The molecule has 0 aliphatic heterocycles. The van der Waals surface area contributed by atoms with Gasteiger partial charge in [-0.2, -0.15) is 0 Å². The zero-order chi connectivity index (χ0) is 18.2. The summed E-state index contributed by atoms with van der Waals surface area (Å²) in [6.07, 6.45) is 3.35. The van der Waals surface area contributed by atoms with E-state index in [1.54, 1.807) is 0 Å². The van der Waals surface area contributed by atoms with Crippen molar-refractivity contribution in [1.82, 2.24) is 10.6 Å². The third-order valence-corrected chi connectivity index (χ3v) is 4.70. The Kier molecular flexibility index (Phi) is 7.29. The summed E-state index contributed by atoms with van der Waals surface area (Å²) in [5.41, 5.74) is 2.36. The van der Waals surface area contributed by atoms with Gasteiger partial charge in [0, 0.05) is 12.6 Å². The number of carbonyl (C=O) groups is 2. The van der Waals surface area contributed by atoms with Crippen molar-refractivity contribution in [3.8, 4) is 0 Å². The standard InChI is InChI=1S/C20H30N2O3/c1-4-25-19(23)17-9-6-10-18(12-17)22-20(24)21-13-15-7-5-8-16(11-15)14(2)3/h5,7-8,11,14,17-18H,4,6,9-10,12-13H2,1-3H3,(H2,21,22,24)/t17-,18+/m1/s1. The highest BCUT2D eigenvalue weighted by Gasteiger charge is 2.28. The Bertz CT molecular complexity index is 586. The molecular weight excluding hydrogens is 316 g/mol. The van der Waals surface area contributed by atoms with Crippen LogP contribution in [0, 0.1) is 5.92 Å². The highest BCUT2D eigenvalue weighted by atomic mass is 16.5. The van der Waals surface area contributed by atoms with E-state index in [2.05, 4.69) is 36.6 Å². The van der Waals surface area contributed by atoms with Crippen LogP contribution in [-0.2, 0) is 16.1 Å². The van der Waals surface area contributed by atoms with Crippen LogP contribution in [0.15, 0.2) is 24.3 Å². The molecular formula is C20H30N2O3. The molecule has 0 aromatic heterocycles. The average Bonchev–Trinajstić information content (AvgIpc) is 2.60. The topological polar surface area (TPSA) is 67.4 Å². The highest BCUT2D eigenvalue weighted by Crippen LogP contribution is 2.25. The largest absolute Gasteiger partial charge is 0.466 e. The number of benzene rings is 1. The number of amides is 2. The van der Waals surface area contributed by atoms with E-state index in [0.717, 1.165) is 24.8 Å². The Morgan fingerprint density at radius 2 is 2.08 bits per heavy atom. The molecule has 1 aliphatic carbocycles. The molecule has 0 radical (unpaired) electrons. The first kappa shape index (κ1) is 19.3. The van der Waals surface area contributed by atoms with Crippen LogP contribution in [-0.4, -0.2) is 24.6 Å². The molecule has 0 heterocycles. The minimum atomic E-state index is -0.176. The van der Waals surface area contributed by atoms with Crippen molar-refractivity contribution in [3.05, 3.63) is 35.4 Å². The van der Waals surface area contributed by atoms with Gasteiger partial charge >= 0.3 is 12.0 Å². The van der Waals surface area contributed by atoms with Gasteiger partial charge in [0.1, 0.15) is 0 Å². The Balaban J connectivity index is 1.80. The molecule has 1 saturated carbocycles. The number of ether oxygens (including phenoxy) is 1. The van der Waals surface area contributed by atoms with Gasteiger partial charge in [-0.1, -0.05) is 44.5 Å². The van der Waals surface area contributed by atoms with E-state index >= 15 is 0 Å². The van der Waals surface area contributed by atoms with Crippen molar-refractivity contribution >= 4 is 12.0 Å². The molecule has 2 rings (SSSR count). The van der Waals surface area contributed by atoms with Crippen LogP contribution in [0.2, 0.25) is 0 Å². The van der Waals surface area contributed by atoms with Gasteiger partial charge in [0.05, 0.1) is 12.5 Å². The summed E-state index contributed by atoms with van der Waals surface area (Å²) in [6, 6.07) is 8.13. The molecule has 1 aromatic carbocycles. The summed E-state index contributed by atoms with van der Waals surface area (Å²) in [4.78, 5) is 24.0. The molecule has 5 heteroatoms. The van der Waals surface area contributed by atoms with Gasteiger partial charge in [0.2, 0.25) is 0 Å². The van der Waals surface area contributed by atoms with Crippen LogP contribution in [0.1, 0.15) is 63.5 Å². The maximum atomic E-state index is 12.2. The second-order valence-corrected chi connectivity index (χ2v) is 7.04. The molecule has 0 unspecified atom stereocenters. The van der Waals surface area contributed by atoms with E-state index < -0.39 is 0 Å². The van der Waals surface area contributed by atoms with Gasteiger partial charge in [-0.3, -0.25) is 4.79 Å². The fourth-order valence-corrected chi connectivity index (χ4v) is 3.28. The molecule has 138 valence electrons. The number of esters is 1. The molecule has 1 fully saturated rings. The molecule has 5 nitrogen and oxygen atoms in total. The lowest BCUT2D eigenvalue weighted by Gasteiger charge is -2.28. The molecule has 0 saturated heterocycles. The van der Waals surface area contributed by atoms with E-state index in [0.29, 0.717) is 25.5 Å². The fraction of sp³-hybridized carbons (Fsp3) is 0.600. The zero-order valence-corrected chi connectivity index (χ0v) is 15.5. The summed E-state index contributed by atoms with van der Waals surface area (Å²) >= 11 is 0. The molecule has 2 N–H and O–H groups in total. The maximum absolute atomic E-state index is 12.2. The van der Waals surface area contributed by atoms with Gasteiger partial charge in [0.25, 0.3) is 0 Å². The monoisotopic (exact) mass is 346 g/mol. The summed E-state index contributed by atoms with van der Waals surface area (Å²) in [5.74, 6) is 0.234. The molecule has 0 spiro atoms. The first-order valence-corrected chi connectivity index (χ1v) is 9.29. The lowest BCUT2D eigenvalue weighted by Crippen LogP contribution is -2.44. The first-order chi connectivity index (χ1) is 12.0. The van der Waals surface area contributed by atoms with Crippen LogP contribution < -0.4 is 10.6 Å². The third kappa shape index (κ3) is 6.07. The normalized spacial score (nSPS) is 20.2. The Hall–Kier alpha value is -2.04. The van der Waals surface area contributed by atoms with Crippen molar-refractivity contribution in [1.29, 1.82) is 0 Å². The van der Waals surface area contributed by atoms with Crippen molar-refractivity contribution in [3.63, 3.8) is 0 Å². The minimum Gasteiger partial charge on any atom is -0.466 e. The lowest BCUT2D eigenvalue weighted by molar-refractivity contribution is -0.149. The summed E-state index contributed by atoms with van der Waals surface area (Å²) in [5, 5.41) is 5.91. The number of hydrogen-bond acceptors (Lipinski definition) is 3. The highest BCUT2D eigenvalue weighted by molar-refractivity contribution is 5.75. The van der Waals surface area contributed by atoms with E-state index in [-0.39, 0.29) is 24.0 Å². The summed E-state index contributed by atoms with van der Waals surface area (Å²) < 4.78 is 5.10. The summed E-state index contributed by atoms with van der Waals surface area (Å²) in [7, 11) is 0. The number of urea groups is 1. The first-order valence-electron chi connectivity index (χ1n) is 9.29. The smallest absolute Gasteiger partial charge is 0.315 e. The minimum absolute atomic E-state index is 0.0326. The van der Waals surface area contributed by atoms with Crippen LogP contribution in [0.5, 0.6) is 0 Å². The third-order valence-electron chi connectivity index (χ3n) is 4.70. The molecule has 1 aromatic rings. The van der Waals surface area contributed by atoms with Crippen LogP contribution >= 0.6 is 0 Å². The molecule has 1 aliphatic rings. The molecule has 25 heavy (non-hydrogen) atoms. The fourth-order valence-electron chi connectivity index (χ4n) is 3.28. The predicted molar refractivity (Wildman–Crippen MR) is 98.3 cm³/mol. The van der Waals surface area contributed by atoms with E-state index in [4.69, 9.17) is 4.74 Å². The van der Waals surface area contributed by atoms with Crippen LogP contribution in [0.3, 0.4) is 0 Å². The van der Waals surface area contributed by atoms with Gasteiger partial charge < -0.3 is 15.4 Å². The predicted octanol–water partition coefficient (Wildman–Crippen LogP) is 3.73. The van der Waals surface area contributed by atoms with E-state index in [1.807, 2.05) is 19.1 Å². The quantitative estimate of drug-likeness (QED) is 0.771. The lowest BCUT2D eigenvalue weighted by atomic mass is 9.86. The number of carbonyl (C=O) groups excluding carboxylic acids is 2. The Morgan fingerprint density at radius 1 is 1.28 bits per heavy atom. The summed E-state index contributed by atoms with van der Waals surface area (Å²) in [6.45, 7) is 7.03. The Labute approximate surface area is 150 Å². The zero-order valence-electron chi connectivity index (χ0n) is 15.5. The average molecular weight is 346 g/mol. The maximum Gasteiger partial charge on any atom is 0.315 e. The molecule has 2 atom stereocenters. The molecule has 0 bridgehead atoms. The number of rotatable bonds is 6. The van der Waals surface area contributed by atoms with Crippen LogP contribution in [0.25, 0.3) is 0 Å². The second-order valence-electron chi connectivity index (χ2n) is 7.04. The van der Waals surface area contributed by atoms with Gasteiger partial charge in [-0.15, -0.1) is 0 Å². The van der Waals surface area contributed by atoms with E-state index in [1.165, 1.54) is 5.56 Å².